The molecular weight excluding hydrogens is 468 g/mol. The minimum Gasteiger partial charge on any atom is -0.508 e. The Morgan fingerprint density at radius 1 is 0.914 bits per heavy atom. The van der Waals surface area contributed by atoms with Gasteiger partial charge in [-0.3, -0.25) is 0 Å². The molecule has 1 unspecified atom stereocenters. The van der Waals surface area contributed by atoms with Crippen molar-refractivity contribution in [3.8, 4) is 17.2 Å². The monoisotopic (exact) mass is 494 g/mol. The van der Waals surface area contributed by atoms with Crippen molar-refractivity contribution < 1.29 is 59.4 Å². The average Bonchev–Trinajstić information content (AvgIpc) is 2.84. The Balaban J connectivity index is 1.82. The van der Waals surface area contributed by atoms with Gasteiger partial charge in [-0.1, -0.05) is 0 Å². The molecule has 4 rings (SSSR count). The molecule has 1 aliphatic carbocycles. The van der Waals surface area contributed by atoms with Crippen molar-refractivity contribution in [3.63, 3.8) is 0 Å². The van der Waals surface area contributed by atoms with E-state index >= 15 is 0 Å². The highest BCUT2D eigenvalue weighted by atomic mass is 16.7. The van der Waals surface area contributed by atoms with E-state index in [-0.39, 0.29) is 51.4 Å². The van der Waals surface area contributed by atoms with Gasteiger partial charge in [0.25, 0.3) is 0 Å². The number of hydrogen-bond acceptors (Lipinski definition) is 12. The van der Waals surface area contributed by atoms with E-state index in [2.05, 4.69) is 0 Å². The Morgan fingerprint density at radius 3 is 2.17 bits per heavy atom. The lowest BCUT2D eigenvalue weighted by molar-refractivity contribution is -0.290. The highest BCUT2D eigenvalue weighted by Crippen LogP contribution is 2.43. The van der Waals surface area contributed by atoms with Gasteiger partial charge in [0.05, 0.1) is 20.8 Å². The van der Waals surface area contributed by atoms with Crippen LogP contribution in [0.15, 0.2) is 53.2 Å². The lowest BCUT2D eigenvalue weighted by Crippen LogP contribution is -2.59. The van der Waals surface area contributed by atoms with Crippen LogP contribution < -0.4 is 9.47 Å². The number of phenols is 1. The van der Waals surface area contributed by atoms with Crippen LogP contribution in [0.4, 0.5) is 0 Å². The van der Waals surface area contributed by atoms with Gasteiger partial charge in [-0.2, -0.15) is 0 Å². The summed E-state index contributed by atoms with van der Waals surface area (Å²) in [5, 5.41) is 70.6. The molecule has 1 aromatic rings. The SMILES string of the molecule is COc1cc(C2=C(O[C@@H]3O[C@H](CO)[C@@H](O)[C@H](O)[C@H]3O)C=C3C(O)=CC(O)=CC3O2)cc(OC)c1O. The van der Waals surface area contributed by atoms with Crippen LogP contribution in [0.2, 0.25) is 0 Å². The normalized spacial score (nSPS) is 30.4. The summed E-state index contributed by atoms with van der Waals surface area (Å²) in [6.07, 6.45) is -4.85. The van der Waals surface area contributed by atoms with Gasteiger partial charge in [0.1, 0.15) is 42.0 Å². The molecule has 3 aliphatic rings. The minimum atomic E-state index is -1.71. The predicted octanol–water partition coefficient (Wildman–Crippen LogP) is 0.117. The Bertz CT molecular complexity index is 1080. The van der Waals surface area contributed by atoms with E-state index in [1.54, 1.807) is 0 Å². The van der Waals surface area contributed by atoms with E-state index < -0.39 is 43.4 Å². The third-order valence-corrected chi connectivity index (χ3v) is 5.80. The molecule has 12 heteroatoms. The van der Waals surface area contributed by atoms with Gasteiger partial charge in [-0.05, 0) is 18.2 Å². The van der Waals surface area contributed by atoms with Gasteiger partial charge >= 0.3 is 0 Å². The Morgan fingerprint density at radius 2 is 1.57 bits per heavy atom. The molecular formula is C23H26O12. The maximum Gasteiger partial charge on any atom is 0.229 e. The summed E-state index contributed by atoms with van der Waals surface area (Å²) in [4.78, 5) is 0. The minimum absolute atomic E-state index is 0.0195. The molecule has 0 saturated carbocycles. The second-order valence-corrected chi connectivity index (χ2v) is 8.00. The molecule has 190 valence electrons. The maximum atomic E-state index is 10.4. The zero-order chi connectivity index (χ0) is 25.4. The molecule has 0 amide bonds. The first kappa shape index (κ1) is 24.7. The highest BCUT2D eigenvalue weighted by molar-refractivity contribution is 5.72. The smallest absolute Gasteiger partial charge is 0.229 e. The van der Waals surface area contributed by atoms with E-state index in [0.29, 0.717) is 0 Å². The summed E-state index contributed by atoms with van der Waals surface area (Å²) in [5.41, 5.74) is 0.497. The molecule has 12 nitrogen and oxygen atoms in total. The van der Waals surface area contributed by atoms with Crippen LogP contribution in [0, 0.1) is 0 Å². The van der Waals surface area contributed by atoms with Crippen molar-refractivity contribution in [2.24, 2.45) is 0 Å². The van der Waals surface area contributed by atoms with Crippen LogP contribution in [0.5, 0.6) is 17.2 Å². The van der Waals surface area contributed by atoms with Crippen molar-refractivity contribution in [1.29, 1.82) is 0 Å². The van der Waals surface area contributed by atoms with E-state index in [1.165, 1.54) is 38.5 Å². The number of aromatic hydroxyl groups is 1. The summed E-state index contributed by atoms with van der Waals surface area (Å²) in [6, 6.07) is 2.84. The molecule has 2 aliphatic heterocycles. The fourth-order valence-electron chi connectivity index (χ4n) is 3.92. The van der Waals surface area contributed by atoms with Crippen LogP contribution in [0.25, 0.3) is 5.76 Å². The number of aliphatic hydroxyl groups excluding tert-OH is 6. The predicted molar refractivity (Wildman–Crippen MR) is 117 cm³/mol. The summed E-state index contributed by atoms with van der Waals surface area (Å²) in [6.45, 7) is -0.656. The molecule has 7 N–H and O–H groups in total. The van der Waals surface area contributed by atoms with Gasteiger partial charge < -0.3 is 59.4 Å². The van der Waals surface area contributed by atoms with Gasteiger partial charge in [0, 0.05) is 23.3 Å². The Hall–Kier alpha value is -3.42. The van der Waals surface area contributed by atoms with Gasteiger partial charge in [-0.25, -0.2) is 0 Å². The molecule has 0 aromatic heterocycles. The van der Waals surface area contributed by atoms with Crippen molar-refractivity contribution in [1.82, 2.24) is 0 Å². The molecule has 2 heterocycles. The van der Waals surface area contributed by atoms with Gasteiger partial charge in [0.15, 0.2) is 23.0 Å². The van der Waals surface area contributed by atoms with Crippen molar-refractivity contribution in [3.05, 3.63) is 58.8 Å². The van der Waals surface area contributed by atoms with E-state index in [1.807, 2.05) is 0 Å². The molecule has 1 saturated heterocycles. The number of ether oxygens (including phenoxy) is 5. The Labute approximate surface area is 199 Å². The van der Waals surface area contributed by atoms with E-state index in [9.17, 15) is 35.7 Å². The van der Waals surface area contributed by atoms with E-state index in [0.717, 1.165) is 6.08 Å². The molecule has 35 heavy (non-hydrogen) atoms. The first-order valence-corrected chi connectivity index (χ1v) is 10.5. The molecule has 0 spiro atoms. The van der Waals surface area contributed by atoms with Crippen molar-refractivity contribution >= 4 is 5.76 Å². The quantitative estimate of drug-likeness (QED) is 0.283. The molecule has 0 bridgehead atoms. The largest absolute Gasteiger partial charge is 0.508 e. The van der Waals surface area contributed by atoms with Gasteiger partial charge in [0.2, 0.25) is 12.0 Å². The van der Waals surface area contributed by atoms with Crippen LogP contribution in [0.1, 0.15) is 5.56 Å². The second kappa shape index (κ2) is 9.68. The topological polar surface area (TPSA) is 188 Å². The maximum absolute atomic E-state index is 10.4. The Kier molecular flexibility index (Phi) is 6.83. The summed E-state index contributed by atoms with van der Waals surface area (Å²) in [5.74, 6) is -0.771. The lowest BCUT2D eigenvalue weighted by Gasteiger charge is -2.40. The van der Waals surface area contributed by atoms with Gasteiger partial charge in [-0.15, -0.1) is 0 Å². The van der Waals surface area contributed by atoms with Crippen LogP contribution in [0.3, 0.4) is 0 Å². The van der Waals surface area contributed by atoms with Crippen LogP contribution >= 0.6 is 0 Å². The zero-order valence-electron chi connectivity index (χ0n) is 18.7. The number of aliphatic hydroxyl groups is 6. The number of methoxy groups -OCH3 is 2. The summed E-state index contributed by atoms with van der Waals surface area (Å²) < 4.78 is 27.7. The van der Waals surface area contributed by atoms with Crippen molar-refractivity contribution in [2.75, 3.05) is 20.8 Å². The number of allylic oxidation sites excluding steroid dienone is 2. The number of benzene rings is 1. The fraction of sp³-hybridized carbons (Fsp3) is 0.391. The second-order valence-electron chi connectivity index (χ2n) is 8.00. The first-order valence-electron chi connectivity index (χ1n) is 10.5. The highest BCUT2D eigenvalue weighted by Gasteiger charge is 2.45. The molecule has 6 atom stereocenters. The average molecular weight is 494 g/mol. The summed E-state index contributed by atoms with van der Waals surface area (Å²) >= 11 is 0. The standard InChI is InChI=1S/C23H26O12/c1-31-14-3-9(4-15(32-2)18(14)27)22-16(7-11-12(26)5-10(25)6-13(11)33-22)34-23-21(30)20(29)19(28)17(8-24)35-23/h3-7,13,17,19-21,23-30H,8H2,1-2H3/t13?,17-,19-,20+,21-,23-/m1/s1. The van der Waals surface area contributed by atoms with Crippen LogP contribution in [-0.2, 0) is 14.2 Å². The molecule has 0 radical (unpaired) electrons. The van der Waals surface area contributed by atoms with E-state index in [4.69, 9.17) is 23.7 Å². The number of rotatable bonds is 6. The molecule has 1 fully saturated rings. The number of phenolic OH excluding ortho intramolecular Hbond substituents is 1. The number of hydrogen-bond donors (Lipinski definition) is 7. The molecule has 1 aromatic carbocycles. The third-order valence-electron chi connectivity index (χ3n) is 5.80. The number of fused-ring (bicyclic) bond motifs is 1. The summed E-state index contributed by atoms with van der Waals surface area (Å²) in [7, 11) is 2.67. The van der Waals surface area contributed by atoms with Crippen LogP contribution in [-0.4, -0.2) is 93.4 Å². The zero-order valence-corrected chi connectivity index (χ0v) is 18.7. The lowest BCUT2D eigenvalue weighted by atomic mass is 9.96. The third kappa shape index (κ3) is 4.49. The van der Waals surface area contributed by atoms with Crippen molar-refractivity contribution in [2.45, 2.75) is 36.8 Å². The first-order chi connectivity index (χ1) is 16.7. The fourth-order valence-corrected chi connectivity index (χ4v) is 3.92.